The molecule has 0 aromatic heterocycles. The minimum absolute atomic E-state index is 0.0665. The summed E-state index contributed by atoms with van der Waals surface area (Å²) in [5.74, 6) is -0.0870. The van der Waals surface area contributed by atoms with Crippen molar-refractivity contribution in [3.05, 3.63) is 88.9 Å². The largest absolute Gasteiger partial charge is 0.497 e. The minimum Gasteiger partial charge on any atom is -0.497 e. The average Bonchev–Trinajstić information content (AvgIpc) is 2.97. The Hall–Kier alpha value is -3.37. The standard InChI is InChI=1S/C30H36BrN3O5S/c1-4-6-20-32-30(36)28(5-2)33(21-23-12-18-26(39-3)19-13-23)29(35)22-34(25-16-14-24(31)15-17-25)40(37,38)27-10-8-7-9-11-27/h7-19,28H,4-6,20-22H2,1-3H3,(H,32,36)/t28-/m1/s1. The molecule has 0 saturated carbocycles. The van der Waals surface area contributed by atoms with Crippen LogP contribution in [0, 0.1) is 0 Å². The molecule has 2 amide bonds. The summed E-state index contributed by atoms with van der Waals surface area (Å²) in [6, 6.07) is 21.2. The van der Waals surface area contributed by atoms with E-state index in [4.69, 9.17) is 4.74 Å². The molecule has 1 N–H and O–H groups in total. The summed E-state index contributed by atoms with van der Waals surface area (Å²) in [7, 11) is -2.52. The van der Waals surface area contributed by atoms with E-state index in [1.807, 2.05) is 26.0 Å². The maximum absolute atomic E-state index is 14.0. The molecule has 0 aliphatic heterocycles. The Morgan fingerprint density at radius 1 is 0.950 bits per heavy atom. The molecule has 0 saturated heterocycles. The number of carbonyl (C=O) groups excluding carboxylic acids is 2. The number of benzene rings is 3. The van der Waals surface area contributed by atoms with E-state index >= 15 is 0 Å². The van der Waals surface area contributed by atoms with Crippen LogP contribution in [-0.4, -0.2) is 51.4 Å². The van der Waals surface area contributed by atoms with Crippen molar-refractivity contribution in [1.29, 1.82) is 0 Å². The molecule has 3 aromatic rings. The van der Waals surface area contributed by atoms with Crippen LogP contribution < -0.4 is 14.4 Å². The van der Waals surface area contributed by atoms with Gasteiger partial charge in [0.2, 0.25) is 11.8 Å². The zero-order chi connectivity index (χ0) is 29.1. The molecular weight excluding hydrogens is 594 g/mol. The number of hydrogen-bond acceptors (Lipinski definition) is 5. The molecule has 1 atom stereocenters. The van der Waals surface area contributed by atoms with Gasteiger partial charge in [-0.25, -0.2) is 8.42 Å². The van der Waals surface area contributed by atoms with Crippen molar-refractivity contribution in [2.24, 2.45) is 0 Å². The van der Waals surface area contributed by atoms with Gasteiger partial charge in [0.05, 0.1) is 17.7 Å². The fraction of sp³-hybridized carbons (Fsp3) is 0.333. The van der Waals surface area contributed by atoms with Gasteiger partial charge in [0.1, 0.15) is 18.3 Å². The van der Waals surface area contributed by atoms with E-state index in [0.717, 1.165) is 27.2 Å². The minimum atomic E-state index is -4.09. The number of anilines is 1. The third kappa shape index (κ3) is 8.08. The molecule has 214 valence electrons. The van der Waals surface area contributed by atoms with Crippen molar-refractivity contribution < 1.29 is 22.7 Å². The summed E-state index contributed by atoms with van der Waals surface area (Å²) >= 11 is 3.38. The Balaban J connectivity index is 2.01. The first kappa shape index (κ1) is 31.2. The normalized spacial score (nSPS) is 11.9. The number of ether oxygens (including phenoxy) is 1. The number of hydrogen-bond donors (Lipinski definition) is 1. The van der Waals surface area contributed by atoms with E-state index in [1.165, 1.54) is 17.0 Å². The van der Waals surface area contributed by atoms with E-state index in [1.54, 1.807) is 61.7 Å². The third-order valence-electron chi connectivity index (χ3n) is 6.45. The molecule has 3 aromatic carbocycles. The average molecular weight is 631 g/mol. The summed E-state index contributed by atoms with van der Waals surface area (Å²) in [6.07, 6.45) is 2.11. The molecule has 10 heteroatoms. The molecule has 0 radical (unpaired) electrons. The van der Waals surface area contributed by atoms with Crippen molar-refractivity contribution >= 4 is 43.5 Å². The van der Waals surface area contributed by atoms with E-state index in [-0.39, 0.29) is 17.3 Å². The van der Waals surface area contributed by atoms with Crippen molar-refractivity contribution in [2.75, 3.05) is 24.5 Å². The molecule has 0 spiro atoms. The highest BCUT2D eigenvalue weighted by Gasteiger charge is 2.33. The third-order valence-corrected chi connectivity index (χ3v) is 8.77. The van der Waals surface area contributed by atoms with Gasteiger partial charge in [-0.05, 0) is 66.9 Å². The monoisotopic (exact) mass is 629 g/mol. The summed E-state index contributed by atoms with van der Waals surface area (Å²) in [4.78, 5) is 28.8. The molecule has 0 aliphatic carbocycles. The predicted octanol–water partition coefficient (Wildman–Crippen LogP) is 5.38. The molecular formula is C30H36BrN3O5S. The van der Waals surface area contributed by atoms with Crippen LogP contribution in [0.5, 0.6) is 5.75 Å². The van der Waals surface area contributed by atoms with Crippen LogP contribution in [0.3, 0.4) is 0 Å². The van der Waals surface area contributed by atoms with E-state index in [9.17, 15) is 18.0 Å². The second kappa shape index (κ2) is 14.9. The Labute approximate surface area is 245 Å². The van der Waals surface area contributed by atoms with Crippen LogP contribution in [0.25, 0.3) is 0 Å². The SMILES string of the molecule is CCCCNC(=O)[C@@H](CC)N(Cc1ccc(OC)cc1)C(=O)CN(c1ccc(Br)cc1)S(=O)(=O)c1ccccc1. The molecule has 3 rings (SSSR count). The Morgan fingerprint density at radius 3 is 2.17 bits per heavy atom. The number of sulfonamides is 1. The fourth-order valence-electron chi connectivity index (χ4n) is 4.21. The van der Waals surface area contributed by atoms with Crippen LogP contribution in [-0.2, 0) is 26.2 Å². The number of unbranched alkanes of at least 4 members (excludes halogenated alkanes) is 1. The smallest absolute Gasteiger partial charge is 0.264 e. The number of methoxy groups -OCH3 is 1. The van der Waals surface area contributed by atoms with Crippen molar-refractivity contribution in [1.82, 2.24) is 10.2 Å². The highest BCUT2D eigenvalue weighted by atomic mass is 79.9. The maximum Gasteiger partial charge on any atom is 0.264 e. The molecule has 0 fully saturated rings. The second-order valence-corrected chi connectivity index (χ2v) is 12.0. The van der Waals surface area contributed by atoms with Gasteiger partial charge >= 0.3 is 0 Å². The van der Waals surface area contributed by atoms with Gasteiger partial charge in [-0.15, -0.1) is 0 Å². The van der Waals surface area contributed by atoms with Crippen molar-refractivity contribution in [3.63, 3.8) is 0 Å². The summed E-state index contributed by atoms with van der Waals surface area (Å²) in [5, 5.41) is 2.93. The molecule has 0 aliphatic rings. The quantitative estimate of drug-likeness (QED) is 0.242. The number of nitrogens with one attached hydrogen (secondary N) is 1. The van der Waals surface area contributed by atoms with E-state index < -0.39 is 28.5 Å². The molecule has 40 heavy (non-hydrogen) atoms. The van der Waals surface area contributed by atoms with Gasteiger partial charge < -0.3 is 15.0 Å². The van der Waals surface area contributed by atoms with Crippen LogP contribution >= 0.6 is 15.9 Å². The van der Waals surface area contributed by atoms with Gasteiger partial charge in [0, 0.05) is 17.6 Å². The molecule has 0 bridgehead atoms. The van der Waals surface area contributed by atoms with Gasteiger partial charge in [0.15, 0.2) is 0 Å². The number of nitrogens with zero attached hydrogens (tertiary/aromatic N) is 2. The summed E-state index contributed by atoms with van der Waals surface area (Å²) in [6.45, 7) is 4.03. The first-order chi connectivity index (χ1) is 19.2. The van der Waals surface area contributed by atoms with Crippen LogP contribution in [0.4, 0.5) is 5.69 Å². The lowest BCUT2D eigenvalue weighted by molar-refractivity contribution is -0.140. The fourth-order valence-corrected chi connectivity index (χ4v) is 5.91. The van der Waals surface area contributed by atoms with Gasteiger partial charge in [-0.1, -0.05) is 66.5 Å². The van der Waals surface area contributed by atoms with Crippen molar-refractivity contribution in [3.8, 4) is 5.75 Å². The van der Waals surface area contributed by atoms with Crippen LogP contribution in [0.15, 0.2) is 88.2 Å². The lowest BCUT2D eigenvalue weighted by atomic mass is 10.1. The number of carbonyl (C=O) groups is 2. The maximum atomic E-state index is 14.0. The predicted molar refractivity (Wildman–Crippen MR) is 161 cm³/mol. The topological polar surface area (TPSA) is 96.0 Å². The molecule has 8 nitrogen and oxygen atoms in total. The number of rotatable bonds is 14. The highest BCUT2D eigenvalue weighted by molar-refractivity contribution is 9.10. The first-order valence-corrected chi connectivity index (χ1v) is 15.5. The summed E-state index contributed by atoms with van der Waals surface area (Å²) in [5.41, 5.74) is 1.13. The zero-order valence-electron chi connectivity index (χ0n) is 23.0. The zero-order valence-corrected chi connectivity index (χ0v) is 25.4. The second-order valence-electron chi connectivity index (χ2n) is 9.24. The van der Waals surface area contributed by atoms with Gasteiger partial charge in [-0.3, -0.25) is 13.9 Å². The molecule has 0 heterocycles. The van der Waals surface area contributed by atoms with Crippen molar-refractivity contribution in [2.45, 2.75) is 50.6 Å². The molecule has 0 unspecified atom stereocenters. The Kier molecular flexibility index (Phi) is 11.6. The van der Waals surface area contributed by atoms with E-state index in [2.05, 4.69) is 21.2 Å². The van der Waals surface area contributed by atoms with Gasteiger partial charge in [0.25, 0.3) is 10.0 Å². The van der Waals surface area contributed by atoms with E-state index in [0.29, 0.717) is 24.4 Å². The lowest BCUT2D eigenvalue weighted by Gasteiger charge is -2.33. The number of amides is 2. The Morgan fingerprint density at radius 2 is 1.60 bits per heavy atom. The summed E-state index contributed by atoms with van der Waals surface area (Å²) < 4.78 is 34.7. The number of halogens is 1. The lowest BCUT2D eigenvalue weighted by Crippen LogP contribution is -2.52. The van der Waals surface area contributed by atoms with Gasteiger partial charge in [-0.2, -0.15) is 0 Å². The van der Waals surface area contributed by atoms with Crippen LogP contribution in [0.2, 0.25) is 0 Å². The first-order valence-electron chi connectivity index (χ1n) is 13.2. The van der Waals surface area contributed by atoms with Crippen LogP contribution in [0.1, 0.15) is 38.7 Å². The highest BCUT2D eigenvalue weighted by Crippen LogP contribution is 2.26. The Bertz CT molecular complexity index is 1350.